The van der Waals surface area contributed by atoms with Crippen LogP contribution in [-0.2, 0) is 14.4 Å². The summed E-state index contributed by atoms with van der Waals surface area (Å²) in [6.07, 6.45) is -0.520. The van der Waals surface area contributed by atoms with Gasteiger partial charge in [0.05, 0.1) is 18.6 Å². The van der Waals surface area contributed by atoms with Crippen molar-refractivity contribution in [3.8, 4) is 11.5 Å². The predicted molar refractivity (Wildman–Crippen MR) is 123 cm³/mol. The van der Waals surface area contributed by atoms with E-state index in [0.29, 0.717) is 23.7 Å². The molecule has 2 aromatic carbocycles. The lowest BCUT2D eigenvalue weighted by molar-refractivity contribution is -0.126. The summed E-state index contributed by atoms with van der Waals surface area (Å²) in [6, 6.07) is 13.8. The van der Waals surface area contributed by atoms with Crippen LogP contribution >= 0.6 is 0 Å². The molecule has 2 atom stereocenters. The summed E-state index contributed by atoms with van der Waals surface area (Å²) in [5.74, 6) is 0.0665. The first-order valence-corrected chi connectivity index (χ1v) is 10.9. The van der Waals surface area contributed by atoms with Gasteiger partial charge in [-0.25, -0.2) is 0 Å². The molecule has 3 rings (SSSR count). The molecule has 9 heteroatoms. The number of hydrogen-bond acceptors (Lipinski definition) is 6. The third-order valence-electron chi connectivity index (χ3n) is 5.03. The molecular formula is C24H29N3O6. The van der Waals surface area contributed by atoms with E-state index >= 15 is 0 Å². The number of benzene rings is 2. The third-order valence-corrected chi connectivity index (χ3v) is 5.03. The lowest BCUT2D eigenvalue weighted by atomic mass is 10.1. The number of rotatable bonds is 10. The van der Waals surface area contributed by atoms with Gasteiger partial charge >= 0.3 is 0 Å². The van der Waals surface area contributed by atoms with Crippen LogP contribution in [0.15, 0.2) is 48.5 Å². The van der Waals surface area contributed by atoms with Gasteiger partial charge in [-0.3, -0.25) is 14.4 Å². The number of nitrogens with zero attached hydrogens (tertiary/aromatic N) is 1. The van der Waals surface area contributed by atoms with E-state index in [9.17, 15) is 19.5 Å². The van der Waals surface area contributed by atoms with Gasteiger partial charge in [-0.15, -0.1) is 0 Å². The second-order valence-electron chi connectivity index (χ2n) is 7.79. The van der Waals surface area contributed by atoms with Crippen molar-refractivity contribution in [3.63, 3.8) is 0 Å². The van der Waals surface area contributed by atoms with E-state index in [0.717, 1.165) is 5.75 Å². The maximum Gasteiger partial charge on any atom is 0.262 e. The van der Waals surface area contributed by atoms with Crippen LogP contribution in [-0.4, -0.2) is 55.2 Å². The van der Waals surface area contributed by atoms with E-state index < -0.39 is 12.0 Å². The maximum atomic E-state index is 12.4. The molecule has 1 saturated heterocycles. The van der Waals surface area contributed by atoms with E-state index in [4.69, 9.17) is 9.47 Å². The smallest absolute Gasteiger partial charge is 0.262 e. The zero-order chi connectivity index (χ0) is 23.8. The molecule has 0 aliphatic carbocycles. The van der Waals surface area contributed by atoms with Crippen molar-refractivity contribution in [2.24, 2.45) is 5.92 Å². The number of ether oxygens (including phenoxy) is 2. The summed E-state index contributed by atoms with van der Waals surface area (Å²) < 4.78 is 10.9. The Labute approximate surface area is 192 Å². The van der Waals surface area contributed by atoms with E-state index in [1.165, 1.54) is 0 Å². The van der Waals surface area contributed by atoms with Crippen molar-refractivity contribution in [2.75, 3.05) is 36.5 Å². The molecular weight excluding hydrogens is 426 g/mol. The number of aliphatic hydroxyl groups is 1. The Kier molecular flexibility index (Phi) is 8.26. The molecule has 1 aliphatic heterocycles. The average Bonchev–Trinajstić information content (AvgIpc) is 3.19. The molecule has 0 bridgehead atoms. The first kappa shape index (κ1) is 24.1. The van der Waals surface area contributed by atoms with Crippen molar-refractivity contribution < 1.29 is 29.0 Å². The minimum absolute atomic E-state index is 0.121. The fourth-order valence-electron chi connectivity index (χ4n) is 3.39. The molecule has 0 spiro atoms. The summed E-state index contributed by atoms with van der Waals surface area (Å²) in [7, 11) is 0. The summed E-state index contributed by atoms with van der Waals surface area (Å²) in [5, 5.41) is 14.7. The van der Waals surface area contributed by atoms with E-state index in [1.807, 2.05) is 6.92 Å². The second kappa shape index (κ2) is 11.3. The number of anilines is 2. The van der Waals surface area contributed by atoms with Gasteiger partial charge < -0.3 is 30.1 Å². The number of nitrogens with one attached hydrogen (secondary N) is 2. The quantitative estimate of drug-likeness (QED) is 0.504. The van der Waals surface area contributed by atoms with Crippen LogP contribution in [0.25, 0.3) is 0 Å². The van der Waals surface area contributed by atoms with Gasteiger partial charge in [0.2, 0.25) is 11.8 Å². The van der Waals surface area contributed by atoms with Crippen molar-refractivity contribution in [1.29, 1.82) is 0 Å². The standard InChI is InChI=1S/C24H29N3O6/c1-3-32-20-8-4-18(5-9-20)26-22(29)15-33-21-10-6-19(7-11-21)27-14-17(12-23(27)30)24(31)25-13-16(2)28/h4-11,16-17,28H,3,12-15H2,1-2H3,(H,25,31)(H,26,29)/t16-,17-/m1/s1. The topological polar surface area (TPSA) is 117 Å². The van der Waals surface area contributed by atoms with Crippen molar-refractivity contribution in [3.05, 3.63) is 48.5 Å². The summed E-state index contributed by atoms with van der Waals surface area (Å²) in [6.45, 7) is 4.32. The highest BCUT2D eigenvalue weighted by molar-refractivity contribution is 6.00. The number of carbonyl (C=O) groups excluding carboxylic acids is 3. The van der Waals surface area contributed by atoms with Crippen LogP contribution < -0.4 is 25.0 Å². The molecule has 0 radical (unpaired) electrons. The van der Waals surface area contributed by atoms with Crippen molar-refractivity contribution in [1.82, 2.24) is 5.32 Å². The highest BCUT2D eigenvalue weighted by atomic mass is 16.5. The Morgan fingerprint density at radius 1 is 1.09 bits per heavy atom. The monoisotopic (exact) mass is 455 g/mol. The molecule has 0 saturated carbocycles. The minimum atomic E-state index is -0.641. The van der Waals surface area contributed by atoms with Crippen molar-refractivity contribution >= 4 is 29.1 Å². The normalized spacial score (nSPS) is 16.3. The van der Waals surface area contributed by atoms with Crippen LogP contribution in [0, 0.1) is 5.92 Å². The molecule has 176 valence electrons. The van der Waals surface area contributed by atoms with Crippen LogP contribution in [0.2, 0.25) is 0 Å². The number of amides is 3. The second-order valence-corrected chi connectivity index (χ2v) is 7.79. The maximum absolute atomic E-state index is 12.4. The number of carbonyl (C=O) groups is 3. The minimum Gasteiger partial charge on any atom is -0.494 e. The molecule has 0 unspecified atom stereocenters. The largest absolute Gasteiger partial charge is 0.494 e. The van der Waals surface area contributed by atoms with E-state index in [-0.39, 0.29) is 43.8 Å². The number of aliphatic hydroxyl groups excluding tert-OH is 1. The van der Waals surface area contributed by atoms with Gasteiger partial charge in [-0.2, -0.15) is 0 Å². The lowest BCUT2D eigenvalue weighted by Crippen LogP contribution is -2.36. The zero-order valence-electron chi connectivity index (χ0n) is 18.7. The summed E-state index contributed by atoms with van der Waals surface area (Å²) >= 11 is 0. The molecule has 2 aromatic rings. The molecule has 3 N–H and O–H groups in total. The van der Waals surface area contributed by atoms with Gasteiger partial charge in [0.15, 0.2) is 6.61 Å². The fraction of sp³-hybridized carbons (Fsp3) is 0.375. The van der Waals surface area contributed by atoms with Gasteiger partial charge in [0.1, 0.15) is 11.5 Å². The van der Waals surface area contributed by atoms with Crippen LogP contribution in [0.3, 0.4) is 0 Å². The SMILES string of the molecule is CCOc1ccc(NC(=O)COc2ccc(N3C[C@H](C(=O)NC[C@@H](C)O)CC3=O)cc2)cc1. The lowest BCUT2D eigenvalue weighted by Gasteiger charge is -2.17. The molecule has 1 fully saturated rings. The molecule has 9 nitrogen and oxygen atoms in total. The Hall–Kier alpha value is -3.59. The van der Waals surface area contributed by atoms with Gasteiger partial charge in [-0.1, -0.05) is 0 Å². The third kappa shape index (κ3) is 6.95. The van der Waals surface area contributed by atoms with Gasteiger partial charge in [-0.05, 0) is 62.4 Å². The summed E-state index contributed by atoms with van der Waals surface area (Å²) in [4.78, 5) is 38.2. The molecule has 3 amide bonds. The first-order chi connectivity index (χ1) is 15.9. The predicted octanol–water partition coefficient (Wildman–Crippen LogP) is 1.95. The Morgan fingerprint density at radius 2 is 1.73 bits per heavy atom. The Morgan fingerprint density at radius 3 is 2.36 bits per heavy atom. The molecule has 1 aliphatic rings. The van der Waals surface area contributed by atoms with Crippen LogP contribution in [0.1, 0.15) is 20.3 Å². The van der Waals surface area contributed by atoms with E-state index in [2.05, 4.69) is 10.6 Å². The molecule has 1 heterocycles. The van der Waals surface area contributed by atoms with Gasteiger partial charge in [0.25, 0.3) is 5.91 Å². The number of hydrogen-bond donors (Lipinski definition) is 3. The average molecular weight is 456 g/mol. The van der Waals surface area contributed by atoms with E-state index in [1.54, 1.807) is 60.4 Å². The van der Waals surface area contributed by atoms with Gasteiger partial charge in [0, 0.05) is 30.9 Å². The Balaban J connectivity index is 1.48. The zero-order valence-corrected chi connectivity index (χ0v) is 18.7. The first-order valence-electron chi connectivity index (χ1n) is 10.9. The fourth-order valence-corrected chi connectivity index (χ4v) is 3.39. The Bertz CT molecular complexity index is 959. The molecule has 33 heavy (non-hydrogen) atoms. The highest BCUT2D eigenvalue weighted by Gasteiger charge is 2.35. The van der Waals surface area contributed by atoms with Crippen LogP contribution in [0.4, 0.5) is 11.4 Å². The molecule has 0 aromatic heterocycles. The van der Waals surface area contributed by atoms with Crippen molar-refractivity contribution in [2.45, 2.75) is 26.4 Å². The summed E-state index contributed by atoms with van der Waals surface area (Å²) in [5.41, 5.74) is 1.29. The van der Waals surface area contributed by atoms with Crippen LogP contribution in [0.5, 0.6) is 11.5 Å². The highest BCUT2D eigenvalue weighted by Crippen LogP contribution is 2.27.